The van der Waals surface area contributed by atoms with Crippen LogP contribution in [0.4, 0.5) is 22.4 Å². The van der Waals surface area contributed by atoms with Gasteiger partial charge in [0.15, 0.2) is 32.9 Å². The summed E-state index contributed by atoms with van der Waals surface area (Å²) in [5, 5.41) is 6.02. The average molecular weight is 664 g/mol. The Hall–Kier alpha value is -4.59. The molecule has 246 valence electrons. The van der Waals surface area contributed by atoms with E-state index < -0.39 is 38.0 Å². The van der Waals surface area contributed by atoms with Gasteiger partial charge < -0.3 is 24.8 Å². The quantitative estimate of drug-likeness (QED) is 0.131. The number of hydrogen-bond donors (Lipinski definition) is 2. The van der Waals surface area contributed by atoms with Crippen LogP contribution in [0.3, 0.4) is 0 Å². The molecule has 1 heterocycles. The molecule has 0 spiro atoms. The van der Waals surface area contributed by atoms with Crippen molar-refractivity contribution in [2.75, 3.05) is 20.3 Å². The lowest BCUT2D eigenvalue weighted by Gasteiger charge is -2.20. The van der Waals surface area contributed by atoms with E-state index in [1.165, 1.54) is 37.6 Å². The predicted molar refractivity (Wildman–Crippen MR) is 164 cm³/mol. The molecule has 0 unspecified atom stereocenters. The monoisotopic (exact) mass is 663 g/mol. The van der Waals surface area contributed by atoms with E-state index in [2.05, 4.69) is 15.6 Å². The summed E-state index contributed by atoms with van der Waals surface area (Å²) >= 11 is 0. The Balaban J connectivity index is 1.47. The molecule has 0 aliphatic heterocycles. The first-order valence-electron chi connectivity index (χ1n) is 14.1. The molecule has 2 N–H and O–H groups in total. The number of nitrogens with one attached hydrogen (secondary N) is 2. The fourth-order valence-electron chi connectivity index (χ4n) is 4.44. The zero-order valence-electron chi connectivity index (χ0n) is 25.5. The highest BCUT2D eigenvalue weighted by Crippen LogP contribution is 2.38. The number of methoxy groups -OCH3 is 1. The number of fused-ring (bicyclic) bond motifs is 1. The molecular weight excluding hydrogens is 630 g/mol. The summed E-state index contributed by atoms with van der Waals surface area (Å²) in [5.74, 6) is -1.06. The fraction of sp³-hybridized carbons (Fsp3) is 0.312. The number of amides is 2. The summed E-state index contributed by atoms with van der Waals surface area (Å²) in [4.78, 5) is 15.3. The van der Waals surface area contributed by atoms with E-state index in [0.717, 1.165) is 18.2 Å². The minimum atomic E-state index is -4.88. The molecule has 4 aromatic rings. The molecule has 0 saturated heterocycles. The van der Waals surface area contributed by atoms with E-state index in [0.29, 0.717) is 41.4 Å². The van der Waals surface area contributed by atoms with Crippen LogP contribution in [0.5, 0.6) is 23.0 Å². The van der Waals surface area contributed by atoms with E-state index in [1.807, 2.05) is 20.8 Å². The molecule has 0 atom stereocenters. The zero-order chi connectivity index (χ0) is 33.7. The van der Waals surface area contributed by atoms with Gasteiger partial charge in [-0.1, -0.05) is 18.2 Å². The van der Waals surface area contributed by atoms with Gasteiger partial charge in [0.1, 0.15) is 5.75 Å². The third-order valence-corrected chi connectivity index (χ3v) is 8.18. The largest absolute Gasteiger partial charge is 0.493 e. The van der Waals surface area contributed by atoms with E-state index in [-0.39, 0.29) is 35.2 Å². The van der Waals surface area contributed by atoms with Crippen LogP contribution in [0, 0.1) is 5.82 Å². The Morgan fingerprint density at radius 2 is 1.67 bits per heavy atom. The normalized spacial score (nSPS) is 12.1. The van der Waals surface area contributed by atoms with E-state index in [9.17, 15) is 26.4 Å². The van der Waals surface area contributed by atoms with Crippen molar-refractivity contribution in [1.29, 1.82) is 0 Å². The van der Waals surface area contributed by atoms with Crippen LogP contribution in [0.25, 0.3) is 10.9 Å². The number of hydrogen-bond acceptors (Lipinski definition) is 7. The molecule has 0 aliphatic rings. The highest BCUT2D eigenvalue weighted by Gasteiger charge is 2.36. The van der Waals surface area contributed by atoms with Gasteiger partial charge in [-0.25, -0.2) is 17.6 Å². The van der Waals surface area contributed by atoms with Gasteiger partial charge in [0, 0.05) is 29.7 Å². The summed E-state index contributed by atoms with van der Waals surface area (Å²) in [5.41, 5.74) is -1.26. The van der Waals surface area contributed by atoms with Gasteiger partial charge in [-0.15, -0.1) is 0 Å². The summed E-state index contributed by atoms with van der Waals surface area (Å²) in [6.07, 6.45) is -2.92. The van der Waals surface area contributed by atoms with Gasteiger partial charge in [-0.05, 0) is 69.2 Å². The highest BCUT2D eigenvalue weighted by molar-refractivity contribution is 7.90. The molecule has 0 aliphatic carbocycles. The lowest BCUT2D eigenvalue weighted by molar-refractivity contribution is -0.139. The number of benzene rings is 3. The van der Waals surface area contributed by atoms with Crippen molar-refractivity contribution in [2.24, 2.45) is 0 Å². The van der Waals surface area contributed by atoms with E-state index in [1.54, 1.807) is 12.1 Å². The molecule has 1 aromatic heterocycles. The molecule has 2 amide bonds. The second-order valence-corrected chi connectivity index (χ2v) is 13.2. The van der Waals surface area contributed by atoms with Crippen LogP contribution >= 0.6 is 0 Å². The van der Waals surface area contributed by atoms with Gasteiger partial charge in [0.25, 0.3) is 0 Å². The Kier molecular flexibility index (Phi) is 10.3. The van der Waals surface area contributed by atoms with Crippen molar-refractivity contribution in [3.63, 3.8) is 0 Å². The molecule has 14 heteroatoms. The number of ether oxygens (including phenoxy) is 3. The van der Waals surface area contributed by atoms with Crippen molar-refractivity contribution < 1.29 is 45.0 Å². The summed E-state index contributed by atoms with van der Waals surface area (Å²) in [6, 6.07) is 11.7. The number of rotatable bonds is 11. The maximum absolute atomic E-state index is 15.1. The number of urea groups is 1. The standard InChI is InChI=1S/C32H33F4N3O6S/c1-31(2,3)39-30(40)38-13-7-15-44-28-18-24-21(17-27(28)43-4)25(12-14-37-24)45-26-11-10-20(16-23(26)33)19-46(41,42)29-9-6-5-8-22(29)32(34,35)36/h5-6,8-12,14,16-18H,7,13,15,19H2,1-4H3,(H2,38,39,40). The van der Waals surface area contributed by atoms with Gasteiger partial charge >= 0.3 is 12.2 Å². The summed E-state index contributed by atoms with van der Waals surface area (Å²) in [6.45, 7) is 6.28. The van der Waals surface area contributed by atoms with Crippen molar-refractivity contribution in [2.45, 2.75) is 49.6 Å². The lowest BCUT2D eigenvalue weighted by atomic mass is 10.1. The van der Waals surface area contributed by atoms with Crippen molar-refractivity contribution in [3.8, 4) is 23.0 Å². The number of carbonyl (C=O) groups is 1. The number of sulfone groups is 1. The molecular formula is C32H33F4N3O6S. The third-order valence-electron chi connectivity index (χ3n) is 6.44. The Morgan fingerprint density at radius 1 is 0.935 bits per heavy atom. The fourth-order valence-corrected chi connectivity index (χ4v) is 6.01. The van der Waals surface area contributed by atoms with Crippen molar-refractivity contribution in [3.05, 3.63) is 83.8 Å². The van der Waals surface area contributed by atoms with Crippen LogP contribution in [-0.2, 0) is 21.8 Å². The maximum Gasteiger partial charge on any atom is 0.417 e. The van der Waals surface area contributed by atoms with Crippen LogP contribution in [0.1, 0.15) is 38.3 Å². The Labute approximate surface area is 263 Å². The van der Waals surface area contributed by atoms with Gasteiger partial charge in [-0.2, -0.15) is 13.2 Å². The number of pyridine rings is 1. The van der Waals surface area contributed by atoms with Crippen molar-refractivity contribution in [1.82, 2.24) is 15.6 Å². The summed E-state index contributed by atoms with van der Waals surface area (Å²) < 4.78 is 98.2. The van der Waals surface area contributed by atoms with E-state index in [4.69, 9.17) is 14.2 Å². The predicted octanol–water partition coefficient (Wildman–Crippen LogP) is 7.03. The van der Waals surface area contributed by atoms with Crippen LogP contribution in [-0.4, -0.2) is 45.2 Å². The smallest absolute Gasteiger partial charge is 0.417 e. The number of alkyl halides is 3. The summed E-state index contributed by atoms with van der Waals surface area (Å²) in [7, 11) is -3.01. The number of carbonyl (C=O) groups excluding carboxylic acids is 1. The number of halogens is 4. The molecule has 0 saturated carbocycles. The van der Waals surface area contributed by atoms with Crippen LogP contribution in [0.15, 0.2) is 71.8 Å². The Bertz CT molecular complexity index is 1830. The minimum absolute atomic E-state index is 0.0603. The Morgan fingerprint density at radius 3 is 2.35 bits per heavy atom. The molecule has 3 aromatic carbocycles. The topological polar surface area (TPSA) is 116 Å². The second-order valence-electron chi connectivity index (χ2n) is 11.3. The van der Waals surface area contributed by atoms with Crippen LogP contribution in [0.2, 0.25) is 0 Å². The first kappa shape index (κ1) is 34.3. The zero-order valence-corrected chi connectivity index (χ0v) is 26.3. The molecule has 46 heavy (non-hydrogen) atoms. The van der Waals surface area contributed by atoms with Crippen LogP contribution < -0.4 is 24.8 Å². The average Bonchev–Trinajstić information content (AvgIpc) is 2.96. The molecule has 4 rings (SSSR count). The third kappa shape index (κ3) is 8.77. The molecule has 0 fully saturated rings. The van der Waals surface area contributed by atoms with Gasteiger partial charge in [-0.3, -0.25) is 4.98 Å². The minimum Gasteiger partial charge on any atom is -0.493 e. The number of nitrogens with zero attached hydrogens (tertiary/aromatic N) is 1. The van der Waals surface area contributed by atoms with Gasteiger partial charge in [0.2, 0.25) is 0 Å². The van der Waals surface area contributed by atoms with E-state index >= 15 is 4.39 Å². The first-order chi connectivity index (χ1) is 21.6. The van der Waals surface area contributed by atoms with Gasteiger partial charge in [0.05, 0.1) is 35.4 Å². The highest BCUT2D eigenvalue weighted by atomic mass is 32.2. The lowest BCUT2D eigenvalue weighted by Crippen LogP contribution is -2.46. The van der Waals surface area contributed by atoms with Crippen molar-refractivity contribution >= 4 is 26.8 Å². The second kappa shape index (κ2) is 13.8. The molecule has 0 bridgehead atoms. The maximum atomic E-state index is 15.1. The molecule has 9 nitrogen and oxygen atoms in total. The first-order valence-corrected chi connectivity index (χ1v) is 15.7. The molecule has 0 radical (unpaired) electrons. The SMILES string of the molecule is COc1cc2c(Oc3ccc(CS(=O)(=O)c4ccccc4C(F)(F)F)cc3F)ccnc2cc1OCCCNC(=O)NC(C)(C)C. The number of aromatic nitrogens is 1.